The Morgan fingerprint density at radius 3 is 2.36 bits per heavy atom. The number of halogens is 1. The normalized spacial score (nSPS) is 19.9. The third-order valence-corrected chi connectivity index (χ3v) is 8.69. The SMILES string of the molecule is CCc1ccc([C@@]2(Cn3cncn3)CC[C@H](COc3ccc(N4CCN(c5ccc([NH2+]C(=O)NN)cc5)CC4)cc3)O2)c(F)c1. The zero-order valence-electron chi connectivity index (χ0n) is 25.4. The number of nitrogens with two attached hydrogens (primary N) is 2. The van der Waals surface area contributed by atoms with E-state index in [1.54, 1.807) is 17.1 Å². The first-order valence-electron chi connectivity index (χ1n) is 15.4. The molecule has 236 valence electrons. The minimum Gasteiger partial charge on any atom is -0.491 e. The Morgan fingerprint density at radius 2 is 1.76 bits per heavy atom. The molecule has 0 unspecified atom stereocenters. The van der Waals surface area contributed by atoms with Gasteiger partial charge in [-0.15, -0.1) is 0 Å². The number of ether oxygens (including phenoxy) is 2. The van der Waals surface area contributed by atoms with Gasteiger partial charge in [0.25, 0.3) is 0 Å². The lowest BCUT2D eigenvalue weighted by molar-refractivity contribution is -0.464. The molecule has 3 heterocycles. The van der Waals surface area contributed by atoms with Gasteiger partial charge in [0.2, 0.25) is 0 Å². The Morgan fingerprint density at radius 1 is 1.07 bits per heavy atom. The zero-order valence-corrected chi connectivity index (χ0v) is 25.4. The summed E-state index contributed by atoms with van der Waals surface area (Å²) >= 11 is 0. The second kappa shape index (κ2) is 13.6. The van der Waals surface area contributed by atoms with Gasteiger partial charge in [-0.05, 0) is 67.3 Å². The predicted octanol–water partition coefficient (Wildman–Crippen LogP) is 3.24. The number of carbonyl (C=O) groups is 1. The van der Waals surface area contributed by atoms with Crippen molar-refractivity contribution in [3.63, 3.8) is 0 Å². The second-order valence-electron chi connectivity index (χ2n) is 11.6. The number of nitrogens with zero attached hydrogens (tertiary/aromatic N) is 5. The highest BCUT2D eigenvalue weighted by Crippen LogP contribution is 2.42. The van der Waals surface area contributed by atoms with Gasteiger partial charge in [-0.3, -0.25) is 0 Å². The molecule has 0 radical (unpaired) electrons. The van der Waals surface area contributed by atoms with E-state index in [0.717, 1.165) is 67.4 Å². The van der Waals surface area contributed by atoms with Gasteiger partial charge in [0.1, 0.15) is 42.1 Å². The van der Waals surface area contributed by atoms with Crippen molar-refractivity contribution in [1.29, 1.82) is 0 Å². The number of nitrogens with one attached hydrogen (secondary N) is 1. The number of rotatable bonds is 10. The van der Waals surface area contributed by atoms with E-state index >= 15 is 4.39 Å². The highest BCUT2D eigenvalue weighted by Gasteiger charge is 2.44. The molecule has 4 aromatic rings. The molecule has 0 spiro atoms. The topological polar surface area (TPSA) is 127 Å². The van der Waals surface area contributed by atoms with Crippen molar-refractivity contribution in [2.24, 2.45) is 5.84 Å². The molecule has 6 rings (SSSR count). The number of hydrazine groups is 1. The van der Waals surface area contributed by atoms with Crippen LogP contribution in [-0.4, -0.2) is 59.7 Å². The van der Waals surface area contributed by atoms with E-state index in [0.29, 0.717) is 25.1 Å². The molecule has 2 aliphatic heterocycles. The van der Waals surface area contributed by atoms with Gasteiger partial charge >= 0.3 is 6.03 Å². The number of primary amides is 1. The summed E-state index contributed by atoms with van der Waals surface area (Å²) in [5.41, 5.74) is 5.86. The number of amides is 2. The van der Waals surface area contributed by atoms with Crippen LogP contribution in [0.3, 0.4) is 0 Å². The quantitative estimate of drug-likeness (QED) is 0.107. The fourth-order valence-electron chi connectivity index (χ4n) is 6.21. The summed E-state index contributed by atoms with van der Waals surface area (Å²) in [6.45, 7) is 6.34. The molecular weight excluding hydrogens is 575 g/mol. The molecule has 2 atom stereocenters. The zero-order chi connectivity index (χ0) is 31.2. The van der Waals surface area contributed by atoms with Gasteiger partial charge in [-0.1, -0.05) is 19.1 Å². The summed E-state index contributed by atoms with van der Waals surface area (Å²) in [6, 6.07) is 21.2. The number of aromatic nitrogens is 3. The first-order chi connectivity index (χ1) is 21.9. The van der Waals surface area contributed by atoms with Gasteiger partial charge in [0, 0.05) is 55.2 Å². The van der Waals surface area contributed by atoms with E-state index < -0.39 is 5.60 Å². The molecule has 5 N–H and O–H groups in total. The van der Waals surface area contributed by atoms with Crippen LogP contribution in [0.15, 0.2) is 79.4 Å². The Hall–Kier alpha value is -4.52. The van der Waals surface area contributed by atoms with Crippen molar-refractivity contribution >= 4 is 23.1 Å². The average molecular weight is 616 g/mol. The fraction of sp³-hybridized carbons (Fsp3) is 0.364. The maximum absolute atomic E-state index is 15.3. The molecule has 3 aromatic carbocycles. The monoisotopic (exact) mass is 615 g/mol. The van der Waals surface area contributed by atoms with Gasteiger partial charge in [-0.25, -0.2) is 35.4 Å². The second-order valence-corrected chi connectivity index (χ2v) is 11.6. The Balaban J connectivity index is 1.02. The Kier molecular flexibility index (Phi) is 9.24. The maximum Gasteiger partial charge on any atom is 0.432 e. The van der Waals surface area contributed by atoms with Gasteiger partial charge in [0.05, 0.1) is 12.6 Å². The lowest BCUT2D eigenvalue weighted by atomic mass is 9.89. The van der Waals surface area contributed by atoms with E-state index in [1.807, 2.05) is 55.5 Å². The van der Waals surface area contributed by atoms with Gasteiger partial charge in [-0.2, -0.15) is 5.10 Å². The number of hydrogen-bond acceptors (Lipinski definition) is 8. The van der Waals surface area contributed by atoms with Crippen molar-refractivity contribution in [3.8, 4) is 5.75 Å². The number of piperazine rings is 1. The van der Waals surface area contributed by atoms with Crippen LogP contribution in [0.1, 0.15) is 30.9 Å². The van der Waals surface area contributed by atoms with E-state index in [4.69, 9.17) is 15.3 Å². The van der Waals surface area contributed by atoms with E-state index in [2.05, 4.69) is 37.4 Å². The molecule has 0 aliphatic carbocycles. The average Bonchev–Trinajstić information content (AvgIpc) is 3.75. The molecule has 45 heavy (non-hydrogen) atoms. The van der Waals surface area contributed by atoms with Gasteiger partial charge < -0.3 is 19.3 Å². The van der Waals surface area contributed by atoms with Crippen LogP contribution in [0.2, 0.25) is 0 Å². The van der Waals surface area contributed by atoms with E-state index in [9.17, 15) is 4.79 Å². The van der Waals surface area contributed by atoms with Crippen LogP contribution >= 0.6 is 0 Å². The van der Waals surface area contributed by atoms with Crippen LogP contribution < -0.4 is 31.1 Å². The summed E-state index contributed by atoms with van der Waals surface area (Å²) in [6.07, 6.45) is 5.11. The molecule has 12 heteroatoms. The van der Waals surface area contributed by atoms with E-state index in [1.165, 1.54) is 11.6 Å². The smallest absolute Gasteiger partial charge is 0.432 e. The fourth-order valence-corrected chi connectivity index (χ4v) is 6.21. The molecule has 0 bridgehead atoms. The molecule has 1 aromatic heterocycles. The highest BCUT2D eigenvalue weighted by molar-refractivity contribution is 5.65. The van der Waals surface area contributed by atoms with Gasteiger partial charge in [0.15, 0.2) is 0 Å². The third kappa shape index (κ3) is 7.08. The maximum atomic E-state index is 15.3. The van der Waals surface area contributed by atoms with Crippen LogP contribution in [0, 0.1) is 5.82 Å². The lowest BCUT2D eigenvalue weighted by Gasteiger charge is -2.37. The van der Waals surface area contributed by atoms with Crippen LogP contribution in [0.5, 0.6) is 5.75 Å². The summed E-state index contributed by atoms with van der Waals surface area (Å²) in [5.74, 6) is 5.68. The number of anilines is 2. The number of carbonyl (C=O) groups excluding carboxylic acids is 1. The van der Waals surface area contributed by atoms with Crippen molar-refractivity contribution in [2.45, 2.75) is 44.4 Å². The Bertz CT molecular complexity index is 1560. The standard InChI is InChI=1S/C33H39FN8O3/c1-2-24-3-12-30(31(34)19-24)33(21-42-23-36-22-37-42)14-13-29(45-33)20-44-28-10-8-27(9-11-28)41-17-15-40(16-18-41)26-6-4-25(5-7-26)38-32(43)39-35/h3-12,19,22-23,29H,2,13-18,20-21,35H2,1H3,(H2,38,39,43)/p+1/t29-,33+/m1/s1. The molecule has 2 aliphatic rings. The van der Waals surface area contributed by atoms with Crippen molar-refractivity contribution in [1.82, 2.24) is 20.2 Å². The summed E-state index contributed by atoms with van der Waals surface area (Å²) < 4.78 is 29.8. The number of aryl methyl sites for hydroxylation is 1. The molecule has 11 nitrogen and oxygen atoms in total. The molecule has 0 saturated carbocycles. The van der Waals surface area contributed by atoms with Crippen LogP contribution in [-0.2, 0) is 23.3 Å². The summed E-state index contributed by atoms with van der Waals surface area (Å²) in [5, 5.41) is 5.73. The predicted molar refractivity (Wildman–Crippen MR) is 169 cm³/mol. The van der Waals surface area contributed by atoms with Crippen molar-refractivity contribution in [3.05, 3.63) is 96.3 Å². The van der Waals surface area contributed by atoms with Crippen LogP contribution in [0.25, 0.3) is 0 Å². The molecule has 2 saturated heterocycles. The van der Waals surface area contributed by atoms with Crippen molar-refractivity contribution < 1.29 is 24.0 Å². The Labute approximate surface area is 262 Å². The van der Waals surface area contributed by atoms with E-state index in [-0.39, 0.29) is 18.0 Å². The molecule has 2 amide bonds. The minimum absolute atomic E-state index is 0.184. The minimum atomic E-state index is -0.842. The van der Waals surface area contributed by atoms with Crippen molar-refractivity contribution in [2.75, 3.05) is 42.6 Å². The number of benzene rings is 3. The molecular formula is C33H40FN8O3+. The number of urea groups is 1. The highest BCUT2D eigenvalue weighted by atomic mass is 19.1. The van der Waals surface area contributed by atoms with Crippen LogP contribution in [0.4, 0.5) is 26.2 Å². The molecule has 2 fully saturated rings. The lowest BCUT2D eigenvalue weighted by Crippen LogP contribution is -2.86. The third-order valence-electron chi connectivity index (χ3n) is 8.69. The number of hydrogen-bond donors (Lipinski definition) is 3. The summed E-state index contributed by atoms with van der Waals surface area (Å²) in [7, 11) is 0. The first-order valence-corrected chi connectivity index (χ1v) is 15.4. The first kappa shape index (κ1) is 30.5. The number of quaternary nitrogens is 1. The summed E-state index contributed by atoms with van der Waals surface area (Å²) in [4.78, 5) is 20.2. The largest absolute Gasteiger partial charge is 0.491 e.